The van der Waals surface area contributed by atoms with Gasteiger partial charge >= 0.3 is 0 Å². The van der Waals surface area contributed by atoms with Crippen LogP contribution in [0.3, 0.4) is 0 Å². The number of rotatable bonds is 3. The van der Waals surface area contributed by atoms with E-state index in [2.05, 4.69) is 17.6 Å². The molecule has 2 aliphatic rings. The van der Waals surface area contributed by atoms with E-state index >= 15 is 0 Å². The molecule has 4 heteroatoms. The molecule has 18 heavy (non-hydrogen) atoms. The van der Waals surface area contributed by atoms with Crippen LogP contribution in [0.1, 0.15) is 45.4 Å². The van der Waals surface area contributed by atoms with Gasteiger partial charge in [-0.15, -0.1) is 0 Å². The van der Waals surface area contributed by atoms with Crippen LogP contribution in [-0.4, -0.2) is 36.2 Å². The third-order valence-electron chi connectivity index (χ3n) is 4.37. The molecule has 104 valence electrons. The lowest BCUT2D eigenvalue weighted by atomic mass is 9.79. The first-order valence-electron chi connectivity index (χ1n) is 7.30. The summed E-state index contributed by atoms with van der Waals surface area (Å²) in [4.78, 5) is 12.0. The maximum atomic E-state index is 12.0. The molecular formula is C14H26N2O2. The van der Waals surface area contributed by atoms with Gasteiger partial charge < -0.3 is 15.7 Å². The molecule has 0 aromatic rings. The normalized spacial score (nSPS) is 34.2. The van der Waals surface area contributed by atoms with Crippen molar-refractivity contribution in [3.63, 3.8) is 0 Å². The molecule has 1 saturated heterocycles. The SMILES string of the molecule is CC1CCCC(O)(CNC(=O)C2CCNCC2)C1. The lowest BCUT2D eigenvalue weighted by Gasteiger charge is -2.36. The molecule has 1 aliphatic heterocycles. The van der Waals surface area contributed by atoms with Gasteiger partial charge in [0.2, 0.25) is 5.91 Å². The first-order valence-corrected chi connectivity index (χ1v) is 7.30. The zero-order valence-electron chi connectivity index (χ0n) is 11.4. The van der Waals surface area contributed by atoms with Gasteiger partial charge in [0.1, 0.15) is 0 Å². The monoisotopic (exact) mass is 254 g/mol. The number of hydrogen-bond acceptors (Lipinski definition) is 3. The predicted octanol–water partition coefficient (Wildman–Crippen LogP) is 1.04. The molecule has 0 bridgehead atoms. The summed E-state index contributed by atoms with van der Waals surface area (Å²) in [6.45, 7) is 4.47. The fourth-order valence-electron chi connectivity index (χ4n) is 3.27. The molecule has 0 spiro atoms. The summed E-state index contributed by atoms with van der Waals surface area (Å²) < 4.78 is 0. The molecule has 4 nitrogen and oxygen atoms in total. The van der Waals surface area contributed by atoms with Crippen molar-refractivity contribution in [1.29, 1.82) is 0 Å². The number of carbonyl (C=O) groups excluding carboxylic acids is 1. The highest BCUT2D eigenvalue weighted by Gasteiger charge is 2.33. The van der Waals surface area contributed by atoms with E-state index in [1.165, 1.54) is 6.42 Å². The van der Waals surface area contributed by atoms with Crippen LogP contribution in [0.5, 0.6) is 0 Å². The Morgan fingerprint density at radius 2 is 2.11 bits per heavy atom. The van der Waals surface area contributed by atoms with Gasteiger partial charge in [0.15, 0.2) is 0 Å². The van der Waals surface area contributed by atoms with Crippen LogP contribution in [0.4, 0.5) is 0 Å². The molecule has 2 atom stereocenters. The predicted molar refractivity (Wildman–Crippen MR) is 71.2 cm³/mol. The average molecular weight is 254 g/mol. The highest BCUT2D eigenvalue weighted by atomic mass is 16.3. The van der Waals surface area contributed by atoms with Crippen molar-refractivity contribution in [2.45, 2.75) is 51.0 Å². The minimum Gasteiger partial charge on any atom is -0.388 e. The Labute approximate surface area is 110 Å². The maximum absolute atomic E-state index is 12.0. The van der Waals surface area contributed by atoms with E-state index in [1.54, 1.807) is 0 Å². The van der Waals surface area contributed by atoms with Gasteiger partial charge in [-0.05, 0) is 44.7 Å². The Morgan fingerprint density at radius 3 is 2.78 bits per heavy atom. The molecule has 2 fully saturated rings. The Morgan fingerprint density at radius 1 is 1.39 bits per heavy atom. The van der Waals surface area contributed by atoms with E-state index in [1.807, 2.05) is 0 Å². The van der Waals surface area contributed by atoms with Gasteiger partial charge in [0.25, 0.3) is 0 Å². The van der Waals surface area contributed by atoms with Gasteiger partial charge in [-0.25, -0.2) is 0 Å². The fraction of sp³-hybridized carbons (Fsp3) is 0.929. The molecular weight excluding hydrogens is 228 g/mol. The summed E-state index contributed by atoms with van der Waals surface area (Å²) in [6, 6.07) is 0. The molecule has 1 aliphatic carbocycles. The van der Waals surface area contributed by atoms with Crippen molar-refractivity contribution in [3.8, 4) is 0 Å². The Balaban J connectivity index is 1.77. The number of nitrogens with one attached hydrogen (secondary N) is 2. The lowest BCUT2D eigenvalue weighted by molar-refractivity contribution is -0.127. The number of carbonyl (C=O) groups is 1. The fourth-order valence-corrected chi connectivity index (χ4v) is 3.27. The van der Waals surface area contributed by atoms with E-state index in [0.717, 1.165) is 45.2 Å². The maximum Gasteiger partial charge on any atom is 0.223 e. The van der Waals surface area contributed by atoms with Gasteiger partial charge in [0, 0.05) is 12.5 Å². The molecule has 0 aromatic carbocycles. The standard InChI is InChI=1S/C14H26N2O2/c1-11-3-2-6-14(18,9-11)10-16-13(17)12-4-7-15-8-5-12/h11-12,15,18H,2-10H2,1H3,(H,16,17). The van der Waals surface area contributed by atoms with Gasteiger partial charge in [-0.2, -0.15) is 0 Å². The largest absolute Gasteiger partial charge is 0.388 e. The van der Waals surface area contributed by atoms with E-state index in [0.29, 0.717) is 12.5 Å². The van der Waals surface area contributed by atoms with Crippen molar-refractivity contribution in [3.05, 3.63) is 0 Å². The Hall–Kier alpha value is -0.610. The topological polar surface area (TPSA) is 61.4 Å². The van der Waals surface area contributed by atoms with Crippen LogP contribution < -0.4 is 10.6 Å². The Kier molecular flexibility index (Phi) is 4.62. The summed E-state index contributed by atoms with van der Waals surface area (Å²) in [6.07, 6.45) is 5.75. The van der Waals surface area contributed by atoms with Crippen molar-refractivity contribution in [2.75, 3.05) is 19.6 Å². The minimum absolute atomic E-state index is 0.128. The highest BCUT2D eigenvalue weighted by Crippen LogP contribution is 2.31. The zero-order chi connectivity index (χ0) is 13.0. The summed E-state index contributed by atoms with van der Waals surface area (Å²) >= 11 is 0. The van der Waals surface area contributed by atoms with Crippen molar-refractivity contribution in [2.24, 2.45) is 11.8 Å². The smallest absolute Gasteiger partial charge is 0.223 e. The molecule has 1 heterocycles. The van der Waals surface area contributed by atoms with Crippen LogP contribution in [0, 0.1) is 11.8 Å². The molecule has 1 amide bonds. The first-order chi connectivity index (χ1) is 8.59. The van der Waals surface area contributed by atoms with Gasteiger partial charge in [0.05, 0.1) is 5.60 Å². The highest BCUT2D eigenvalue weighted by molar-refractivity contribution is 5.78. The number of amides is 1. The van der Waals surface area contributed by atoms with Crippen molar-refractivity contribution < 1.29 is 9.90 Å². The molecule has 0 aromatic heterocycles. The number of hydrogen-bond donors (Lipinski definition) is 3. The van der Waals surface area contributed by atoms with Gasteiger partial charge in [-0.1, -0.05) is 19.8 Å². The van der Waals surface area contributed by atoms with E-state index in [9.17, 15) is 9.90 Å². The van der Waals surface area contributed by atoms with Crippen molar-refractivity contribution in [1.82, 2.24) is 10.6 Å². The van der Waals surface area contributed by atoms with Gasteiger partial charge in [-0.3, -0.25) is 4.79 Å². The second-order valence-electron chi connectivity index (χ2n) is 6.17. The third kappa shape index (κ3) is 3.69. The average Bonchev–Trinajstić information content (AvgIpc) is 2.37. The van der Waals surface area contributed by atoms with Crippen LogP contribution in [0.15, 0.2) is 0 Å². The second kappa shape index (κ2) is 6.02. The quantitative estimate of drug-likeness (QED) is 0.705. The Bertz CT molecular complexity index is 290. The minimum atomic E-state index is -0.666. The summed E-state index contributed by atoms with van der Waals surface area (Å²) in [5.74, 6) is 0.832. The van der Waals surface area contributed by atoms with Crippen molar-refractivity contribution >= 4 is 5.91 Å². The number of piperidine rings is 1. The van der Waals surface area contributed by atoms with Crippen LogP contribution in [0.2, 0.25) is 0 Å². The number of aliphatic hydroxyl groups is 1. The molecule has 1 saturated carbocycles. The lowest BCUT2D eigenvalue weighted by Crippen LogP contribution is -2.48. The van der Waals surface area contributed by atoms with Crippen LogP contribution in [-0.2, 0) is 4.79 Å². The molecule has 3 N–H and O–H groups in total. The second-order valence-corrected chi connectivity index (χ2v) is 6.17. The molecule has 2 unspecified atom stereocenters. The summed E-state index contributed by atoms with van der Waals surface area (Å²) in [5.41, 5.74) is -0.666. The first kappa shape index (κ1) is 13.8. The van der Waals surface area contributed by atoms with E-state index in [-0.39, 0.29) is 11.8 Å². The van der Waals surface area contributed by atoms with Crippen LogP contribution >= 0.6 is 0 Å². The third-order valence-corrected chi connectivity index (χ3v) is 4.37. The van der Waals surface area contributed by atoms with Crippen LogP contribution in [0.25, 0.3) is 0 Å². The molecule has 2 rings (SSSR count). The summed E-state index contributed by atoms with van der Waals surface area (Å²) in [5, 5.41) is 16.7. The molecule has 0 radical (unpaired) electrons. The van der Waals surface area contributed by atoms with E-state index < -0.39 is 5.60 Å². The zero-order valence-corrected chi connectivity index (χ0v) is 11.4. The van der Waals surface area contributed by atoms with E-state index in [4.69, 9.17) is 0 Å². The summed E-state index contributed by atoms with van der Waals surface area (Å²) in [7, 11) is 0.